The highest BCUT2D eigenvalue weighted by Crippen LogP contribution is 2.51. The average molecular weight is 309 g/mol. The predicted molar refractivity (Wildman–Crippen MR) is 81.4 cm³/mol. The number of ether oxygens (including phenoxy) is 1. The Balaban J connectivity index is 1.55. The van der Waals surface area contributed by atoms with Crippen molar-refractivity contribution in [3.63, 3.8) is 0 Å². The number of aliphatic hydroxyl groups excluding tert-OH is 1. The molecule has 2 fully saturated rings. The first kappa shape index (κ1) is 15.9. The van der Waals surface area contributed by atoms with Crippen molar-refractivity contribution in [1.82, 2.24) is 15.0 Å². The third kappa shape index (κ3) is 2.79. The smallest absolute Gasteiger partial charge is 0.229 e. The van der Waals surface area contributed by atoms with Crippen LogP contribution in [-0.4, -0.2) is 52.1 Å². The number of hydrogen-bond donors (Lipinski definition) is 1. The van der Waals surface area contributed by atoms with Crippen molar-refractivity contribution in [1.29, 1.82) is 0 Å². The molecule has 6 nitrogen and oxygen atoms in total. The van der Waals surface area contributed by atoms with Gasteiger partial charge in [-0.3, -0.25) is 4.90 Å². The standard InChI is InChI=1S/C16H27N3O3/c1-4-21-13-9-12(20)16(13)5-7-19(8-6-16)10-14-17-15(11(2)3)22-18-14/h11-13,20H,4-10H2,1-3H3. The van der Waals surface area contributed by atoms with Crippen molar-refractivity contribution in [2.45, 2.75) is 64.7 Å². The first-order valence-corrected chi connectivity index (χ1v) is 8.39. The summed E-state index contributed by atoms with van der Waals surface area (Å²) in [5.41, 5.74) is -0.0210. The highest BCUT2D eigenvalue weighted by molar-refractivity contribution is 5.06. The summed E-state index contributed by atoms with van der Waals surface area (Å²) >= 11 is 0. The number of aliphatic hydroxyl groups is 1. The van der Waals surface area contributed by atoms with Crippen LogP contribution in [0.3, 0.4) is 0 Å². The normalized spacial score (nSPS) is 28.2. The SMILES string of the molecule is CCOC1CC(O)C12CCN(Cc1noc(C(C)C)n1)CC2. The lowest BCUT2D eigenvalue weighted by Gasteiger charge is -2.56. The lowest BCUT2D eigenvalue weighted by molar-refractivity contribution is -0.210. The quantitative estimate of drug-likeness (QED) is 0.896. The molecule has 0 bridgehead atoms. The maximum atomic E-state index is 10.2. The molecule has 1 saturated carbocycles. The lowest BCUT2D eigenvalue weighted by Crippen LogP contribution is -2.62. The summed E-state index contributed by atoms with van der Waals surface area (Å²) in [6, 6.07) is 0. The van der Waals surface area contributed by atoms with E-state index in [1.807, 2.05) is 20.8 Å². The van der Waals surface area contributed by atoms with E-state index in [0.29, 0.717) is 5.89 Å². The summed E-state index contributed by atoms with van der Waals surface area (Å²) in [5.74, 6) is 1.73. The second-order valence-electron chi connectivity index (χ2n) is 6.91. The fourth-order valence-corrected chi connectivity index (χ4v) is 3.71. The zero-order chi connectivity index (χ0) is 15.7. The average Bonchev–Trinajstić information content (AvgIpc) is 2.97. The Bertz CT molecular complexity index is 493. The monoisotopic (exact) mass is 309 g/mol. The van der Waals surface area contributed by atoms with Crippen molar-refractivity contribution in [3.8, 4) is 0 Å². The number of likely N-dealkylation sites (tertiary alicyclic amines) is 1. The van der Waals surface area contributed by atoms with Gasteiger partial charge in [0.1, 0.15) is 0 Å². The van der Waals surface area contributed by atoms with Gasteiger partial charge >= 0.3 is 0 Å². The molecular weight excluding hydrogens is 282 g/mol. The third-order valence-corrected chi connectivity index (χ3v) is 5.24. The van der Waals surface area contributed by atoms with Gasteiger partial charge in [-0.15, -0.1) is 0 Å². The number of piperidine rings is 1. The van der Waals surface area contributed by atoms with Crippen LogP contribution in [0, 0.1) is 5.41 Å². The molecule has 2 aliphatic rings. The van der Waals surface area contributed by atoms with E-state index in [1.165, 1.54) is 0 Å². The van der Waals surface area contributed by atoms with Gasteiger partial charge in [0.25, 0.3) is 0 Å². The van der Waals surface area contributed by atoms with Gasteiger partial charge < -0.3 is 14.4 Å². The molecule has 1 N–H and O–H groups in total. The molecule has 0 aromatic carbocycles. The minimum absolute atomic E-state index is 0.0210. The molecule has 0 amide bonds. The van der Waals surface area contributed by atoms with Crippen LogP contribution in [0.5, 0.6) is 0 Å². The van der Waals surface area contributed by atoms with E-state index in [-0.39, 0.29) is 23.5 Å². The first-order valence-electron chi connectivity index (χ1n) is 8.39. The minimum atomic E-state index is -0.205. The van der Waals surface area contributed by atoms with Gasteiger partial charge in [-0.1, -0.05) is 19.0 Å². The zero-order valence-corrected chi connectivity index (χ0v) is 13.8. The molecule has 0 radical (unpaired) electrons. The van der Waals surface area contributed by atoms with Crippen LogP contribution in [0.15, 0.2) is 4.52 Å². The molecule has 6 heteroatoms. The van der Waals surface area contributed by atoms with Crippen LogP contribution in [0.2, 0.25) is 0 Å². The summed E-state index contributed by atoms with van der Waals surface area (Å²) in [5, 5.41) is 14.3. The topological polar surface area (TPSA) is 71.6 Å². The molecule has 1 spiro atoms. The Hall–Kier alpha value is -0.980. The Morgan fingerprint density at radius 3 is 2.68 bits per heavy atom. The number of aromatic nitrogens is 2. The Labute approximate surface area is 131 Å². The molecule has 2 unspecified atom stereocenters. The van der Waals surface area contributed by atoms with Gasteiger partial charge in [-0.05, 0) is 32.9 Å². The molecular formula is C16H27N3O3. The Morgan fingerprint density at radius 2 is 2.14 bits per heavy atom. The molecule has 1 saturated heterocycles. The van der Waals surface area contributed by atoms with Crippen molar-refractivity contribution >= 4 is 0 Å². The second kappa shape index (κ2) is 6.26. The van der Waals surface area contributed by atoms with Crippen LogP contribution < -0.4 is 0 Å². The Kier molecular flexibility index (Phi) is 4.52. The molecule has 124 valence electrons. The second-order valence-corrected chi connectivity index (χ2v) is 6.91. The van der Waals surface area contributed by atoms with E-state index in [9.17, 15) is 5.11 Å². The maximum Gasteiger partial charge on any atom is 0.229 e. The molecule has 2 atom stereocenters. The van der Waals surface area contributed by atoms with Gasteiger partial charge in [-0.2, -0.15) is 4.98 Å². The summed E-state index contributed by atoms with van der Waals surface area (Å²) in [6.07, 6.45) is 2.77. The van der Waals surface area contributed by atoms with Crippen molar-refractivity contribution < 1.29 is 14.4 Å². The van der Waals surface area contributed by atoms with E-state index in [0.717, 1.165) is 51.3 Å². The van der Waals surface area contributed by atoms with Crippen LogP contribution in [-0.2, 0) is 11.3 Å². The van der Waals surface area contributed by atoms with Crippen molar-refractivity contribution in [2.24, 2.45) is 5.41 Å². The molecule has 1 aliphatic heterocycles. The lowest BCUT2D eigenvalue weighted by atomic mass is 9.58. The van der Waals surface area contributed by atoms with Crippen LogP contribution >= 0.6 is 0 Å². The molecule has 2 heterocycles. The third-order valence-electron chi connectivity index (χ3n) is 5.24. The molecule has 3 rings (SSSR count). The van der Waals surface area contributed by atoms with Gasteiger partial charge in [0.15, 0.2) is 5.82 Å². The highest BCUT2D eigenvalue weighted by atomic mass is 16.5. The Morgan fingerprint density at radius 1 is 1.41 bits per heavy atom. The fourth-order valence-electron chi connectivity index (χ4n) is 3.71. The number of nitrogens with zero attached hydrogens (tertiary/aromatic N) is 3. The number of hydrogen-bond acceptors (Lipinski definition) is 6. The molecule has 1 aromatic rings. The van der Waals surface area contributed by atoms with Crippen molar-refractivity contribution in [2.75, 3.05) is 19.7 Å². The van der Waals surface area contributed by atoms with Crippen LogP contribution in [0.4, 0.5) is 0 Å². The molecule has 1 aromatic heterocycles. The highest BCUT2D eigenvalue weighted by Gasteiger charge is 2.55. The fraction of sp³-hybridized carbons (Fsp3) is 0.875. The zero-order valence-electron chi connectivity index (χ0n) is 13.8. The van der Waals surface area contributed by atoms with Crippen molar-refractivity contribution in [3.05, 3.63) is 11.7 Å². The summed E-state index contributed by atoms with van der Waals surface area (Å²) in [6.45, 7) is 9.47. The van der Waals surface area contributed by atoms with Gasteiger partial charge in [0.05, 0.1) is 18.8 Å². The van der Waals surface area contributed by atoms with Gasteiger partial charge in [0.2, 0.25) is 5.89 Å². The van der Waals surface area contributed by atoms with E-state index in [4.69, 9.17) is 9.26 Å². The van der Waals surface area contributed by atoms with E-state index >= 15 is 0 Å². The molecule has 22 heavy (non-hydrogen) atoms. The number of rotatable bonds is 5. The first-order chi connectivity index (χ1) is 10.5. The van der Waals surface area contributed by atoms with Crippen LogP contribution in [0.25, 0.3) is 0 Å². The molecule has 1 aliphatic carbocycles. The predicted octanol–water partition coefficient (Wildman–Crippen LogP) is 1.94. The van der Waals surface area contributed by atoms with Crippen LogP contribution in [0.1, 0.15) is 57.7 Å². The van der Waals surface area contributed by atoms with E-state index in [2.05, 4.69) is 15.0 Å². The minimum Gasteiger partial charge on any atom is -0.392 e. The van der Waals surface area contributed by atoms with Gasteiger partial charge in [-0.25, -0.2) is 0 Å². The summed E-state index contributed by atoms with van der Waals surface area (Å²) in [7, 11) is 0. The van der Waals surface area contributed by atoms with E-state index < -0.39 is 0 Å². The summed E-state index contributed by atoms with van der Waals surface area (Å²) < 4.78 is 11.1. The van der Waals surface area contributed by atoms with E-state index in [1.54, 1.807) is 0 Å². The van der Waals surface area contributed by atoms with Gasteiger partial charge in [0, 0.05) is 24.4 Å². The summed E-state index contributed by atoms with van der Waals surface area (Å²) in [4.78, 5) is 6.78. The largest absolute Gasteiger partial charge is 0.392 e. The maximum absolute atomic E-state index is 10.2.